The van der Waals surface area contributed by atoms with E-state index in [9.17, 15) is 14.0 Å². The van der Waals surface area contributed by atoms with Gasteiger partial charge in [-0.15, -0.1) is 0 Å². The number of nitrogens with zero attached hydrogens (tertiary/aromatic N) is 1. The molecule has 0 spiro atoms. The number of hydrogen-bond donors (Lipinski definition) is 1. The number of nitrogens with one attached hydrogen (secondary N) is 1. The number of hydrogen-bond acceptors (Lipinski definition) is 3. The summed E-state index contributed by atoms with van der Waals surface area (Å²) < 4.78 is 19.3. The molecule has 2 amide bonds. The van der Waals surface area contributed by atoms with Crippen LogP contribution in [0.5, 0.6) is 5.75 Å². The lowest BCUT2D eigenvalue weighted by Gasteiger charge is -2.31. The molecule has 4 aromatic rings. The first-order valence-corrected chi connectivity index (χ1v) is 12.2. The van der Waals surface area contributed by atoms with Crippen LogP contribution in [0.1, 0.15) is 22.7 Å². The third-order valence-corrected chi connectivity index (χ3v) is 6.00. The van der Waals surface area contributed by atoms with E-state index in [0.29, 0.717) is 21.9 Å². The van der Waals surface area contributed by atoms with Crippen LogP contribution in [0.15, 0.2) is 109 Å². The van der Waals surface area contributed by atoms with Crippen LogP contribution in [0.2, 0.25) is 5.02 Å². The normalized spacial score (nSPS) is 11.4. The van der Waals surface area contributed by atoms with E-state index >= 15 is 0 Å². The second-order valence-electron chi connectivity index (χ2n) is 8.41. The summed E-state index contributed by atoms with van der Waals surface area (Å²) in [6.45, 7) is 0.0859. The van der Waals surface area contributed by atoms with Gasteiger partial charge in [0.1, 0.15) is 17.6 Å². The van der Waals surface area contributed by atoms with Crippen molar-refractivity contribution < 1.29 is 18.7 Å². The smallest absolute Gasteiger partial charge is 0.261 e. The van der Waals surface area contributed by atoms with E-state index in [1.54, 1.807) is 48.5 Å². The lowest BCUT2D eigenvalue weighted by molar-refractivity contribution is -0.143. The number of carbonyl (C=O) groups excluding carboxylic acids is 2. The highest BCUT2D eigenvalue weighted by Gasteiger charge is 2.31. The first-order chi connectivity index (χ1) is 18.0. The highest BCUT2D eigenvalue weighted by Crippen LogP contribution is 2.25. The summed E-state index contributed by atoms with van der Waals surface area (Å²) in [4.78, 5) is 28.6. The summed E-state index contributed by atoms with van der Waals surface area (Å²) in [5, 5.41) is 3.55. The Morgan fingerprint density at radius 1 is 0.811 bits per heavy atom. The van der Waals surface area contributed by atoms with Crippen LogP contribution in [0.3, 0.4) is 0 Å². The van der Waals surface area contributed by atoms with Crippen LogP contribution in [0.4, 0.5) is 4.39 Å². The lowest BCUT2D eigenvalue weighted by atomic mass is 10.0. The molecule has 0 fully saturated rings. The molecule has 1 atom stereocenters. The predicted molar refractivity (Wildman–Crippen MR) is 141 cm³/mol. The van der Waals surface area contributed by atoms with Crippen LogP contribution >= 0.6 is 11.6 Å². The van der Waals surface area contributed by atoms with Crippen molar-refractivity contribution >= 4 is 23.4 Å². The number of carbonyl (C=O) groups is 2. The largest absolute Gasteiger partial charge is 0.484 e. The molecule has 188 valence electrons. The summed E-state index contributed by atoms with van der Waals surface area (Å²) in [7, 11) is 0. The van der Waals surface area contributed by atoms with E-state index in [0.717, 1.165) is 5.56 Å². The van der Waals surface area contributed by atoms with Gasteiger partial charge in [-0.05, 0) is 53.1 Å². The van der Waals surface area contributed by atoms with Crippen LogP contribution in [-0.4, -0.2) is 23.3 Å². The Bertz CT molecular complexity index is 1300. The molecule has 4 rings (SSSR count). The van der Waals surface area contributed by atoms with Crippen LogP contribution < -0.4 is 10.1 Å². The molecule has 0 aliphatic heterocycles. The number of halogens is 2. The van der Waals surface area contributed by atoms with Crippen molar-refractivity contribution in [2.45, 2.75) is 19.1 Å². The minimum Gasteiger partial charge on any atom is -0.484 e. The first-order valence-electron chi connectivity index (χ1n) is 11.8. The summed E-state index contributed by atoms with van der Waals surface area (Å²) in [5.74, 6) is -0.574. The Morgan fingerprint density at radius 2 is 1.41 bits per heavy atom. The molecule has 0 unspecified atom stereocenters. The lowest BCUT2D eigenvalue weighted by Crippen LogP contribution is -2.45. The number of ether oxygens (including phenoxy) is 1. The highest BCUT2D eigenvalue weighted by molar-refractivity contribution is 6.30. The molecule has 4 aromatic carbocycles. The summed E-state index contributed by atoms with van der Waals surface area (Å²) >= 11 is 5.98. The van der Waals surface area contributed by atoms with Crippen molar-refractivity contribution in [1.82, 2.24) is 10.2 Å². The van der Waals surface area contributed by atoms with Crippen molar-refractivity contribution in [3.8, 4) is 5.75 Å². The molecule has 0 saturated heterocycles. The molecule has 37 heavy (non-hydrogen) atoms. The van der Waals surface area contributed by atoms with E-state index < -0.39 is 6.04 Å². The van der Waals surface area contributed by atoms with Gasteiger partial charge in [0.05, 0.1) is 0 Å². The Kier molecular flexibility index (Phi) is 8.89. The van der Waals surface area contributed by atoms with Gasteiger partial charge in [0.25, 0.3) is 5.91 Å². The number of rotatable bonds is 10. The summed E-state index contributed by atoms with van der Waals surface area (Å²) in [6.07, 6.45) is 0. The van der Waals surface area contributed by atoms with Gasteiger partial charge in [0, 0.05) is 18.1 Å². The number of amides is 2. The third kappa shape index (κ3) is 7.41. The average molecular weight is 517 g/mol. The Balaban J connectivity index is 1.62. The van der Waals surface area contributed by atoms with Crippen LogP contribution in [0.25, 0.3) is 0 Å². The molecule has 1 N–H and O–H groups in total. The maximum absolute atomic E-state index is 13.6. The number of para-hydroxylation sites is 1. The van der Waals surface area contributed by atoms with Gasteiger partial charge in [0.15, 0.2) is 6.61 Å². The molecule has 0 aliphatic rings. The average Bonchev–Trinajstić information content (AvgIpc) is 2.93. The topological polar surface area (TPSA) is 58.6 Å². The monoisotopic (exact) mass is 516 g/mol. The third-order valence-electron chi connectivity index (χ3n) is 5.75. The molecule has 0 aromatic heterocycles. The van der Waals surface area contributed by atoms with Gasteiger partial charge in [-0.1, -0.05) is 84.4 Å². The highest BCUT2D eigenvalue weighted by atomic mass is 35.5. The molecule has 0 saturated carbocycles. The van der Waals surface area contributed by atoms with Gasteiger partial charge in [-0.2, -0.15) is 0 Å². The fourth-order valence-corrected chi connectivity index (χ4v) is 3.98. The maximum Gasteiger partial charge on any atom is 0.261 e. The molecule has 7 heteroatoms. The van der Waals surface area contributed by atoms with Gasteiger partial charge in [-0.25, -0.2) is 4.39 Å². The Morgan fingerprint density at radius 3 is 2.05 bits per heavy atom. The van der Waals surface area contributed by atoms with Crippen molar-refractivity contribution in [3.05, 3.63) is 137 Å². The fraction of sp³-hybridized carbons (Fsp3) is 0.133. The molecular weight excluding hydrogens is 491 g/mol. The molecule has 0 bridgehead atoms. The van der Waals surface area contributed by atoms with Crippen LogP contribution in [-0.2, 0) is 22.7 Å². The zero-order valence-electron chi connectivity index (χ0n) is 20.0. The zero-order valence-corrected chi connectivity index (χ0v) is 20.8. The van der Waals surface area contributed by atoms with E-state index in [1.165, 1.54) is 17.0 Å². The Hall–Kier alpha value is -4.16. The van der Waals surface area contributed by atoms with E-state index in [1.807, 2.05) is 48.5 Å². The van der Waals surface area contributed by atoms with Crippen molar-refractivity contribution in [2.75, 3.05) is 6.61 Å². The molecular formula is C30H26ClFN2O3. The first kappa shape index (κ1) is 25.9. The predicted octanol–water partition coefficient (Wildman–Crippen LogP) is 5.94. The quantitative estimate of drug-likeness (QED) is 0.283. The van der Waals surface area contributed by atoms with Crippen LogP contribution in [0, 0.1) is 5.82 Å². The van der Waals surface area contributed by atoms with E-state index in [-0.39, 0.29) is 37.3 Å². The van der Waals surface area contributed by atoms with Gasteiger partial charge in [-0.3, -0.25) is 9.59 Å². The maximum atomic E-state index is 13.6. The SMILES string of the molecule is O=C(NCc1ccc(Cl)cc1)[C@@H](c1ccccc1)N(Cc1ccc(F)cc1)C(=O)COc1ccccc1. The zero-order chi connectivity index (χ0) is 26.0. The molecule has 0 aliphatic carbocycles. The minimum absolute atomic E-state index is 0.0885. The summed E-state index contributed by atoms with van der Waals surface area (Å²) in [6, 6.07) is 30.1. The Labute approximate surface area is 220 Å². The fourth-order valence-electron chi connectivity index (χ4n) is 3.85. The van der Waals surface area contributed by atoms with Crippen molar-refractivity contribution in [3.63, 3.8) is 0 Å². The second kappa shape index (κ2) is 12.7. The number of benzene rings is 4. The van der Waals surface area contributed by atoms with E-state index in [2.05, 4.69) is 5.32 Å². The standard InChI is InChI=1S/C30H26ClFN2O3/c31-25-15-11-22(12-16-25)19-33-30(36)29(24-7-3-1-4-8-24)34(20-23-13-17-26(32)18-14-23)28(35)21-37-27-9-5-2-6-10-27/h1-18,29H,19-21H2,(H,33,36)/t29-/m1/s1. The van der Waals surface area contributed by atoms with Gasteiger partial charge < -0.3 is 15.0 Å². The summed E-state index contributed by atoms with van der Waals surface area (Å²) in [5.41, 5.74) is 2.19. The molecule has 0 heterocycles. The molecule has 0 radical (unpaired) electrons. The van der Waals surface area contributed by atoms with Crippen molar-refractivity contribution in [2.24, 2.45) is 0 Å². The minimum atomic E-state index is -0.939. The second-order valence-corrected chi connectivity index (χ2v) is 8.84. The molecule has 5 nitrogen and oxygen atoms in total. The van der Waals surface area contributed by atoms with Crippen molar-refractivity contribution in [1.29, 1.82) is 0 Å². The van der Waals surface area contributed by atoms with Gasteiger partial charge in [0.2, 0.25) is 5.91 Å². The van der Waals surface area contributed by atoms with Gasteiger partial charge >= 0.3 is 0 Å². The van der Waals surface area contributed by atoms with E-state index in [4.69, 9.17) is 16.3 Å².